The van der Waals surface area contributed by atoms with E-state index in [1.165, 1.54) is 12.8 Å². The number of aryl methyl sites for hydroxylation is 1. The van der Waals surface area contributed by atoms with Gasteiger partial charge in [0.25, 0.3) is 0 Å². The summed E-state index contributed by atoms with van der Waals surface area (Å²) >= 11 is 0. The van der Waals surface area contributed by atoms with Crippen molar-refractivity contribution in [3.05, 3.63) is 17.6 Å². The topological polar surface area (TPSA) is 41.0 Å². The summed E-state index contributed by atoms with van der Waals surface area (Å²) in [5, 5.41) is 3.59. The molecule has 0 aromatic carbocycles. The van der Waals surface area contributed by atoms with Crippen molar-refractivity contribution in [2.45, 2.75) is 58.5 Å². The van der Waals surface area contributed by atoms with Crippen LogP contribution in [0.5, 0.6) is 0 Å². The van der Waals surface area contributed by atoms with E-state index in [9.17, 15) is 0 Å². The van der Waals surface area contributed by atoms with Crippen molar-refractivity contribution in [1.82, 2.24) is 14.9 Å². The second-order valence-corrected chi connectivity index (χ2v) is 6.10. The molecule has 0 bridgehead atoms. The highest BCUT2D eigenvalue weighted by molar-refractivity contribution is 5.37. The van der Waals surface area contributed by atoms with E-state index in [-0.39, 0.29) is 0 Å². The molecule has 1 aliphatic rings. The molecule has 0 saturated carbocycles. The first kappa shape index (κ1) is 14.3. The standard InChI is InChI=1S/C15H26N4/c1-10(2)15-16-11(3)8-14(18-15)17-13-6-7-19(5)12(4)9-13/h8,10,12-13H,6-7,9H2,1-5H3,(H,16,17,18). The van der Waals surface area contributed by atoms with E-state index < -0.39 is 0 Å². The molecule has 1 aromatic rings. The SMILES string of the molecule is Cc1cc(NC2CCN(C)C(C)C2)nc(C(C)C)n1. The first-order valence-electron chi connectivity index (χ1n) is 7.28. The molecular formula is C15H26N4. The van der Waals surface area contributed by atoms with Gasteiger partial charge in [0.05, 0.1) is 0 Å². The minimum Gasteiger partial charge on any atom is -0.367 e. The lowest BCUT2D eigenvalue weighted by atomic mass is 9.99. The van der Waals surface area contributed by atoms with E-state index in [1.807, 2.05) is 6.92 Å². The molecule has 0 amide bonds. The van der Waals surface area contributed by atoms with Crippen molar-refractivity contribution in [2.75, 3.05) is 18.9 Å². The second-order valence-electron chi connectivity index (χ2n) is 6.10. The molecule has 0 radical (unpaired) electrons. The van der Waals surface area contributed by atoms with Crippen molar-refractivity contribution in [2.24, 2.45) is 0 Å². The predicted octanol–water partition coefficient (Wildman–Crippen LogP) is 2.80. The average Bonchev–Trinajstić information content (AvgIpc) is 2.33. The quantitative estimate of drug-likeness (QED) is 0.909. The number of nitrogens with one attached hydrogen (secondary N) is 1. The van der Waals surface area contributed by atoms with Crippen LogP contribution in [0.25, 0.3) is 0 Å². The van der Waals surface area contributed by atoms with Crippen LogP contribution >= 0.6 is 0 Å². The lowest BCUT2D eigenvalue weighted by Gasteiger charge is -2.35. The number of piperidine rings is 1. The molecule has 1 N–H and O–H groups in total. The van der Waals surface area contributed by atoms with Crippen molar-refractivity contribution < 1.29 is 0 Å². The van der Waals surface area contributed by atoms with E-state index in [2.05, 4.69) is 54.1 Å². The fourth-order valence-corrected chi connectivity index (χ4v) is 2.55. The summed E-state index contributed by atoms with van der Waals surface area (Å²) in [6.07, 6.45) is 2.36. The Morgan fingerprint density at radius 2 is 2.11 bits per heavy atom. The highest BCUT2D eigenvalue weighted by Gasteiger charge is 2.23. The fourth-order valence-electron chi connectivity index (χ4n) is 2.55. The average molecular weight is 262 g/mol. The molecule has 2 unspecified atom stereocenters. The number of anilines is 1. The van der Waals surface area contributed by atoms with Gasteiger partial charge in [-0.1, -0.05) is 13.8 Å². The first-order valence-corrected chi connectivity index (χ1v) is 7.28. The third kappa shape index (κ3) is 3.66. The van der Waals surface area contributed by atoms with Gasteiger partial charge in [0.15, 0.2) is 0 Å². The highest BCUT2D eigenvalue weighted by atomic mass is 15.2. The molecule has 1 saturated heterocycles. The molecule has 1 fully saturated rings. The summed E-state index contributed by atoms with van der Waals surface area (Å²) in [4.78, 5) is 11.5. The van der Waals surface area contributed by atoms with Crippen LogP contribution in [0.1, 0.15) is 51.0 Å². The lowest BCUT2D eigenvalue weighted by molar-refractivity contribution is 0.190. The summed E-state index contributed by atoms with van der Waals surface area (Å²) in [6.45, 7) is 9.75. The summed E-state index contributed by atoms with van der Waals surface area (Å²) in [5.74, 6) is 2.29. The maximum atomic E-state index is 4.64. The van der Waals surface area contributed by atoms with Crippen LogP contribution in [-0.4, -0.2) is 40.5 Å². The Kier molecular flexibility index (Phi) is 4.40. The van der Waals surface area contributed by atoms with Gasteiger partial charge >= 0.3 is 0 Å². The van der Waals surface area contributed by atoms with E-state index in [0.717, 1.165) is 23.9 Å². The smallest absolute Gasteiger partial charge is 0.133 e. The summed E-state index contributed by atoms with van der Waals surface area (Å²) in [5.41, 5.74) is 1.04. The summed E-state index contributed by atoms with van der Waals surface area (Å²) in [6, 6.07) is 3.22. The molecule has 4 heteroatoms. The van der Waals surface area contributed by atoms with Gasteiger partial charge in [-0.2, -0.15) is 0 Å². The van der Waals surface area contributed by atoms with Gasteiger partial charge in [-0.25, -0.2) is 9.97 Å². The number of aromatic nitrogens is 2. The molecule has 2 rings (SSSR count). The molecule has 4 nitrogen and oxygen atoms in total. The molecule has 1 aromatic heterocycles. The Morgan fingerprint density at radius 1 is 1.37 bits per heavy atom. The third-order valence-corrected chi connectivity index (χ3v) is 3.95. The van der Waals surface area contributed by atoms with E-state index in [0.29, 0.717) is 18.0 Å². The number of likely N-dealkylation sites (tertiary alicyclic amines) is 1. The van der Waals surface area contributed by atoms with Crippen LogP contribution in [0.2, 0.25) is 0 Å². The summed E-state index contributed by atoms with van der Waals surface area (Å²) in [7, 11) is 2.20. The van der Waals surface area contributed by atoms with Crippen LogP contribution in [-0.2, 0) is 0 Å². The zero-order valence-corrected chi connectivity index (χ0v) is 12.8. The Morgan fingerprint density at radius 3 is 2.74 bits per heavy atom. The van der Waals surface area contributed by atoms with Gasteiger partial charge in [-0.05, 0) is 33.7 Å². The molecule has 19 heavy (non-hydrogen) atoms. The van der Waals surface area contributed by atoms with Gasteiger partial charge in [-0.15, -0.1) is 0 Å². The Balaban J connectivity index is 2.07. The molecule has 106 valence electrons. The van der Waals surface area contributed by atoms with Gasteiger partial charge in [0.1, 0.15) is 11.6 Å². The molecule has 0 spiro atoms. The second kappa shape index (κ2) is 5.87. The van der Waals surface area contributed by atoms with Crippen LogP contribution in [0.3, 0.4) is 0 Å². The third-order valence-electron chi connectivity index (χ3n) is 3.95. The lowest BCUT2D eigenvalue weighted by Crippen LogP contribution is -2.42. The van der Waals surface area contributed by atoms with Crippen LogP contribution < -0.4 is 5.32 Å². The van der Waals surface area contributed by atoms with Gasteiger partial charge in [0, 0.05) is 36.3 Å². The molecule has 2 heterocycles. The van der Waals surface area contributed by atoms with E-state index in [1.54, 1.807) is 0 Å². The first-order chi connectivity index (χ1) is 8.95. The van der Waals surface area contributed by atoms with Crippen LogP contribution in [0.4, 0.5) is 5.82 Å². The van der Waals surface area contributed by atoms with Gasteiger partial charge in [0.2, 0.25) is 0 Å². The Labute approximate surface area is 116 Å². The van der Waals surface area contributed by atoms with E-state index in [4.69, 9.17) is 0 Å². The minimum absolute atomic E-state index is 0.372. The highest BCUT2D eigenvalue weighted by Crippen LogP contribution is 2.20. The van der Waals surface area contributed by atoms with E-state index >= 15 is 0 Å². The minimum atomic E-state index is 0.372. The zero-order chi connectivity index (χ0) is 14.0. The number of nitrogens with zero attached hydrogens (tertiary/aromatic N) is 3. The van der Waals surface area contributed by atoms with Crippen molar-refractivity contribution in [3.63, 3.8) is 0 Å². The van der Waals surface area contributed by atoms with Gasteiger partial charge < -0.3 is 10.2 Å². The number of rotatable bonds is 3. The summed E-state index contributed by atoms with van der Waals surface area (Å²) < 4.78 is 0. The van der Waals surface area contributed by atoms with Crippen LogP contribution in [0.15, 0.2) is 6.07 Å². The Hall–Kier alpha value is -1.16. The van der Waals surface area contributed by atoms with Gasteiger partial charge in [-0.3, -0.25) is 0 Å². The largest absolute Gasteiger partial charge is 0.367 e. The number of hydrogen-bond donors (Lipinski definition) is 1. The molecule has 0 aliphatic carbocycles. The van der Waals surface area contributed by atoms with Crippen LogP contribution in [0, 0.1) is 6.92 Å². The zero-order valence-electron chi connectivity index (χ0n) is 12.8. The van der Waals surface area contributed by atoms with Crippen molar-refractivity contribution >= 4 is 5.82 Å². The van der Waals surface area contributed by atoms with Crippen molar-refractivity contribution in [3.8, 4) is 0 Å². The molecule has 1 aliphatic heterocycles. The Bertz CT molecular complexity index is 430. The normalized spacial score (nSPS) is 24.7. The maximum absolute atomic E-state index is 4.64. The molecular weight excluding hydrogens is 236 g/mol. The molecule has 2 atom stereocenters. The predicted molar refractivity (Wildman–Crippen MR) is 79.6 cm³/mol. The van der Waals surface area contributed by atoms with Crippen molar-refractivity contribution in [1.29, 1.82) is 0 Å². The fraction of sp³-hybridized carbons (Fsp3) is 0.733. The monoisotopic (exact) mass is 262 g/mol. The maximum Gasteiger partial charge on any atom is 0.133 e. The number of hydrogen-bond acceptors (Lipinski definition) is 4.